The average molecular weight is 369 g/mol. The lowest BCUT2D eigenvalue weighted by Gasteiger charge is -2.04. The summed E-state index contributed by atoms with van der Waals surface area (Å²) in [6.07, 6.45) is 21.9. The molecule has 0 atom stereocenters. The number of hydrogen-bond acceptors (Lipinski definition) is 3. The van der Waals surface area contributed by atoms with E-state index in [4.69, 9.17) is 0 Å². The second kappa shape index (κ2) is 20.5. The molecule has 0 amide bonds. The minimum atomic E-state index is -0.0846. The minimum absolute atomic E-state index is 0.0846. The van der Waals surface area contributed by atoms with Crippen LogP contribution < -0.4 is 0 Å². The van der Waals surface area contributed by atoms with Gasteiger partial charge in [-0.3, -0.25) is 9.59 Å². The van der Waals surface area contributed by atoms with E-state index in [1.165, 1.54) is 84.2 Å². The molecule has 0 rings (SSSR count). The highest BCUT2D eigenvalue weighted by Gasteiger charge is 2.02. The van der Waals surface area contributed by atoms with E-state index in [0.29, 0.717) is 12.2 Å². The highest BCUT2D eigenvalue weighted by atomic mass is 16.5. The molecule has 0 aliphatic heterocycles. The Kier molecular flexibility index (Phi) is 19.8. The van der Waals surface area contributed by atoms with Gasteiger partial charge in [-0.25, -0.2) is 0 Å². The van der Waals surface area contributed by atoms with Crippen molar-refractivity contribution in [3.05, 3.63) is 0 Å². The van der Waals surface area contributed by atoms with Crippen LogP contribution in [0.3, 0.4) is 0 Å². The summed E-state index contributed by atoms with van der Waals surface area (Å²) in [6.45, 7) is 2.22. The summed E-state index contributed by atoms with van der Waals surface area (Å²) in [5.74, 6) is 0.396. The first-order valence-electron chi connectivity index (χ1n) is 11.3. The third-order valence-electron chi connectivity index (χ3n) is 5.12. The van der Waals surface area contributed by atoms with Gasteiger partial charge in [-0.05, 0) is 19.3 Å². The molecule has 0 radical (unpaired) electrons. The van der Waals surface area contributed by atoms with Crippen LogP contribution in [0.15, 0.2) is 0 Å². The molecule has 26 heavy (non-hydrogen) atoms. The van der Waals surface area contributed by atoms with Gasteiger partial charge in [0.25, 0.3) is 0 Å². The van der Waals surface area contributed by atoms with Crippen molar-refractivity contribution in [3.8, 4) is 0 Å². The summed E-state index contributed by atoms with van der Waals surface area (Å²) in [7, 11) is 1.45. The molecular weight excluding hydrogens is 324 g/mol. The van der Waals surface area contributed by atoms with Crippen LogP contribution in [0.5, 0.6) is 0 Å². The molecule has 0 saturated carbocycles. The van der Waals surface area contributed by atoms with Crippen LogP contribution in [0, 0.1) is 0 Å². The third-order valence-corrected chi connectivity index (χ3v) is 5.12. The Balaban J connectivity index is 3.15. The number of ketones is 1. The highest BCUT2D eigenvalue weighted by Crippen LogP contribution is 2.13. The lowest BCUT2D eigenvalue weighted by Crippen LogP contribution is -1.99. The third kappa shape index (κ3) is 19.5. The number of esters is 1. The summed E-state index contributed by atoms with van der Waals surface area (Å²) < 4.78 is 4.64. The normalized spacial score (nSPS) is 10.8. The second-order valence-corrected chi connectivity index (χ2v) is 7.67. The first kappa shape index (κ1) is 25.1. The van der Waals surface area contributed by atoms with Crippen molar-refractivity contribution in [1.82, 2.24) is 0 Å². The van der Waals surface area contributed by atoms with Gasteiger partial charge in [0.05, 0.1) is 7.11 Å². The van der Waals surface area contributed by atoms with Gasteiger partial charge in [0.2, 0.25) is 0 Å². The van der Waals surface area contributed by atoms with Crippen molar-refractivity contribution < 1.29 is 14.3 Å². The van der Waals surface area contributed by atoms with Gasteiger partial charge in [0.1, 0.15) is 5.78 Å². The largest absolute Gasteiger partial charge is 0.469 e. The average Bonchev–Trinajstić information content (AvgIpc) is 2.65. The Morgan fingerprint density at radius 2 is 0.885 bits per heavy atom. The van der Waals surface area contributed by atoms with E-state index in [9.17, 15) is 9.59 Å². The zero-order valence-electron chi connectivity index (χ0n) is 17.7. The number of carbonyl (C=O) groups is 2. The van der Waals surface area contributed by atoms with Crippen LogP contribution >= 0.6 is 0 Å². The molecule has 0 aromatic carbocycles. The standard InChI is InChI=1S/C23H44O3/c1-3-4-5-13-16-19-22(24)20-17-14-11-9-7-6-8-10-12-15-18-21-23(25)26-2/h3-21H2,1-2H3. The summed E-state index contributed by atoms with van der Waals surface area (Å²) in [6, 6.07) is 0. The number of hydrogen-bond donors (Lipinski definition) is 0. The van der Waals surface area contributed by atoms with Crippen LogP contribution in [0.25, 0.3) is 0 Å². The fourth-order valence-electron chi connectivity index (χ4n) is 3.34. The maximum atomic E-state index is 11.8. The van der Waals surface area contributed by atoms with Crippen molar-refractivity contribution in [2.75, 3.05) is 7.11 Å². The predicted molar refractivity (Wildman–Crippen MR) is 110 cm³/mol. The van der Waals surface area contributed by atoms with Gasteiger partial charge >= 0.3 is 5.97 Å². The Morgan fingerprint density at radius 3 is 1.27 bits per heavy atom. The van der Waals surface area contributed by atoms with Crippen molar-refractivity contribution >= 4 is 11.8 Å². The Labute approximate surface area is 162 Å². The summed E-state index contributed by atoms with van der Waals surface area (Å²) >= 11 is 0. The van der Waals surface area contributed by atoms with Crippen LogP contribution in [0.4, 0.5) is 0 Å². The molecule has 0 aromatic rings. The highest BCUT2D eigenvalue weighted by molar-refractivity contribution is 5.78. The van der Waals surface area contributed by atoms with Gasteiger partial charge < -0.3 is 4.74 Å². The zero-order valence-corrected chi connectivity index (χ0v) is 17.7. The fraction of sp³-hybridized carbons (Fsp3) is 0.913. The first-order valence-corrected chi connectivity index (χ1v) is 11.3. The Hall–Kier alpha value is -0.860. The number of unbranched alkanes of at least 4 members (excludes halogenated alkanes) is 14. The van der Waals surface area contributed by atoms with Crippen molar-refractivity contribution in [1.29, 1.82) is 0 Å². The minimum Gasteiger partial charge on any atom is -0.469 e. The van der Waals surface area contributed by atoms with Gasteiger partial charge in [-0.2, -0.15) is 0 Å². The molecule has 0 N–H and O–H groups in total. The van der Waals surface area contributed by atoms with Crippen molar-refractivity contribution in [2.24, 2.45) is 0 Å². The van der Waals surface area contributed by atoms with E-state index in [1.54, 1.807) is 0 Å². The van der Waals surface area contributed by atoms with Crippen LogP contribution in [0.2, 0.25) is 0 Å². The van der Waals surface area contributed by atoms with E-state index in [0.717, 1.165) is 38.5 Å². The van der Waals surface area contributed by atoms with Gasteiger partial charge in [0, 0.05) is 19.3 Å². The maximum Gasteiger partial charge on any atom is 0.305 e. The zero-order chi connectivity index (χ0) is 19.3. The molecule has 0 unspecified atom stereocenters. The van der Waals surface area contributed by atoms with E-state index in [2.05, 4.69) is 11.7 Å². The summed E-state index contributed by atoms with van der Waals surface area (Å²) in [5, 5.41) is 0. The van der Waals surface area contributed by atoms with Crippen LogP contribution in [0.1, 0.15) is 129 Å². The number of Topliss-reactive ketones (excluding diaryl/α,β-unsaturated/α-hetero) is 1. The molecular formula is C23H44O3. The Bertz CT molecular complexity index is 325. The molecule has 0 aliphatic rings. The lowest BCUT2D eigenvalue weighted by molar-refractivity contribution is -0.140. The van der Waals surface area contributed by atoms with Gasteiger partial charge in [-0.1, -0.05) is 90.4 Å². The summed E-state index contributed by atoms with van der Waals surface area (Å²) in [4.78, 5) is 22.8. The van der Waals surface area contributed by atoms with Crippen LogP contribution in [-0.4, -0.2) is 18.9 Å². The molecule has 154 valence electrons. The molecule has 0 bridgehead atoms. The number of ether oxygens (including phenoxy) is 1. The first-order chi connectivity index (χ1) is 12.7. The SMILES string of the molecule is CCCCCCCC(=O)CCCCCCCCCCCCCC(=O)OC. The van der Waals surface area contributed by atoms with E-state index >= 15 is 0 Å². The maximum absolute atomic E-state index is 11.8. The molecule has 0 fully saturated rings. The number of carbonyl (C=O) groups excluding carboxylic acids is 2. The monoisotopic (exact) mass is 368 g/mol. The second-order valence-electron chi connectivity index (χ2n) is 7.67. The van der Waals surface area contributed by atoms with Gasteiger partial charge in [-0.15, -0.1) is 0 Å². The molecule has 0 heterocycles. The van der Waals surface area contributed by atoms with Crippen LogP contribution in [-0.2, 0) is 14.3 Å². The van der Waals surface area contributed by atoms with Crippen molar-refractivity contribution in [3.63, 3.8) is 0 Å². The van der Waals surface area contributed by atoms with E-state index in [-0.39, 0.29) is 5.97 Å². The van der Waals surface area contributed by atoms with E-state index < -0.39 is 0 Å². The molecule has 0 aliphatic carbocycles. The quantitative estimate of drug-likeness (QED) is 0.169. The van der Waals surface area contributed by atoms with Gasteiger partial charge in [0.15, 0.2) is 0 Å². The van der Waals surface area contributed by atoms with E-state index in [1.807, 2.05) is 0 Å². The topological polar surface area (TPSA) is 43.4 Å². The smallest absolute Gasteiger partial charge is 0.305 e. The summed E-state index contributed by atoms with van der Waals surface area (Å²) in [5.41, 5.74) is 0. The molecule has 3 heteroatoms. The molecule has 0 aromatic heterocycles. The number of rotatable bonds is 20. The predicted octanol–water partition coefficient (Wildman–Crippen LogP) is 7.16. The lowest BCUT2D eigenvalue weighted by atomic mass is 10.0. The fourth-order valence-corrected chi connectivity index (χ4v) is 3.34. The molecule has 0 spiro atoms. The Morgan fingerprint density at radius 1 is 0.538 bits per heavy atom. The van der Waals surface area contributed by atoms with Crippen molar-refractivity contribution in [2.45, 2.75) is 129 Å². The molecule has 0 saturated heterocycles. The molecule has 3 nitrogen and oxygen atoms in total. The number of methoxy groups -OCH3 is 1.